The predicted octanol–water partition coefficient (Wildman–Crippen LogP) is 12.7. The van der Waals surface area contributed by atoms with E-state index in [0.29, 0.717) is 0 Å². The first kappa shape index (κ1) is 28.8. The minimum absolute atomic E-state index is 0.163. The van der Waals surface area contributed by atoms with E-state index in [1.54, 1.807) is 0 Å². The molecule has 8 aromatic carbocycles. The lowest BCUT2D eigenvalue weighted by molar-refractivity contribution is 1.31. The van der Waals surface area contributed by atoms with Crippen LogP contribution in [0.5, 0.6) is 0 Å². The summed E-state index contributed by atoms with van der Waals surface area (Å²) in [6.45, 7) is 0.163. The highest BCUT2D eigenvalue weighted by atomic mass is 32.1. The topological polar surface area (TPSA) is 3.24 Å². The number of thiophene rings is 3. The molecule has 244 valence electrons. The summed E-state index contributed by atoms with van der Waals surface area (Å²) in [7, 11) is 0. The van der Waals surface area contributed by atoms with Gasteiger partial charge in [0.1, 0.15) is 0 Å². The Labute approximate surface area is 317 Å². The third kappa shape index (κ3) is 3.91. The van der Waals surface area contributed by atoms with Gasteiger partial charge in [-0.3, -0.25) is 0 Å². The molecule has 2 aliphatic heterocycles. The second-order valence-electron chi connectivity index (χ2n) is 14.4. The Balaban J connectivity index is 1.13. The number of hydrogen-bond donors (Lipinski definition) is 0. The molecule has 0 unspecified atom stereocenters. The Morgan fingerprint density at radius 3 is 1.74 bits per heavy atom. The van der Waals surface area contributed by atoms with Crippen LogP contribution < -0.4 is 21.3 Å². The Morgan fingerprint density at radius 1 is 0.358 bits per heavy atom. The van der Waals surface area contributed by atoms with Crippen LogP contribution in [0.3, 0.4) is 0 Å². The van der Waals surface area contributed by atoms with Crippen molar-refractivity contribution in [2.45, 2.75) is 0 Å². The van der Waals surface area contributed by atoms with Crippen molar-refractivity contribution < 1.29 is 0 Å². The molecular formula is C48H26BNS3. The first-order chi connectivity index (χ1) is 26.2. The van der Waals surface area contributed by atoms with Gasteiger partial charge in [-0.1, -0.05) is 103 Å². The summed E-state index contributed by atoms with van der Waals surface area (Å²) >= 11 is 5.68. The predicted molar refractivity (Wildman–Crippen MR) is 235 cm³/mol. The number of hydrogen-bond acceptors (Lipinski definition) is 4. The van der Waals surface area contributed by atoms with Crippen LogP contribution in [0.4, 0.5) is 17.1 Å². The molecule has 0 fully saturated rings. The molecule has 3 aromatic heterocycles. The lowest BCUT2D eigenvalue weighted by Gasteiger charge is -2.36. The molecule has 0 N–H and O–H groups in total. The van der Waals surface area contributed by atoms with E-state index < -0.39 is 0 Å². The van der Waals surface area contributed by atoms with Crippen LogP contribution in [0.15, 0.2) is 158 Å². The van der Waals surface area contributed by atoms with E-state index in [9.17, 15) is 0 Å². The minimum atomic E-state index is 0.163. The Bertz CT molecular complexity index is 3380. The molecule has 5 heteroatoms. The number of fused-ring (bicyclic) bond motifs is 14. The van der Waals surface area contributed by atoms with Crippen molar-refractivity contribution in [1.82, 2.24) is 0 Å². The summed E-state index contributed by atoms with van der Waals surface area (Å²) in [5, 5.41) is 8.03. The van der Waals surface area contributed by atoms with Crippen LogP contribution in [-0.2, 0) is 0 Å². The fourth-order valence-corrected chi connectivity index (χ4v) is 12.7. The number of benzene rings is 8. The molecule has 0 saturated carbocycles. The maximum Gasteiger partial charge on any atom is 0.248 e. The van der Waals surface area contributed by atoms with Gasteiger partial charge in [0, 0.05) is 72.2 Å². The van der Waals surface area contributed by atoms with Gasteiger partial charge in [0.25, 0.3) is 0 Å². The quantitative estimate of drug-likeness (QED) is 0.161. The highest BCUT2D eigenvalue weighted by molar-refractivity contribution is 7.26. The number of anilines is 3. The average Bonchev–Trinajstić information content (AvgIpc) is 3.96. The third-order valence-corrected chi connectivity index (χ3v) is 15.1. The molecule has 13 rings (SSSR count). The van der Waals surface area contributed by atoms with Gasteiger partial charge in [-0.2, -0.15) is 0 Å². The van der Waals surface area contributed by atoms with Crippen molar-refractivity contribution in [2.24, 2.45) is 0 Å². The van der Waals surface area contributed by atoms with Crippen LogP contribution in [0.2, 0.25) is 0 Å². The molecule has 53 heavy (non-hydrogen) atoms. The van der Waals surface area contributed by atoms with E-state index in [-0.39, 0.29) is 6.71 Å². The maximum atomic E-state index is 2.59. The van der Waals surface area contributed by atoms with Gasteiger partial charge in [0.05, 0.1) is 0 Å². The molecule has 2 aliphatic rings. The second-order valence-corrected chi connectivity index (χ2v) is 17.7. The monoisotopic (exact) mass is 723 g/mol. The average molecular weight is 724 g/mol. The van der Waals surface area contributed by atoms with Crippen molar-refractivity contribution in [1.29, 1.82) is 0 Å². The molecule has 0 amide bonds. The van der Waals surface area contributed by atoms with E-state index in [2.05, 4.69) is 163 Å². The van der Waals surface area contributed by atoms with Crippen LogP contribution in [-0.4, -0.2) is 6.71 Å². The summed E-state index contributed by atoms with van der Waals surface area (Å²) in [4.78, 5) is 2.59. The van der Waals surface area contributed by atoms with E-state index >= 15 is 0 Å². The molecular weight excluding hydrogens is 698 g/mol. The van der Waals surface area contributed by atoms with E-state index in [0.717, 1.165) is 0 Å². The third-order valence-electron chi connectivity index (χ3n) is 11.7. The lowest BCUT2D eigenvalue weighted by atomic mass is 9.37. The number of nitrogens with zero attached hydrogens (tertiary/aromatic N) is 1. The van der Waals surface area contributed by atoms with Crippen molar-refractivity contribution in [3.05, 3.63) is 158 Å². The smallest absolute Gasteiger partial charge is 0.248 e. The molecule has 11 aromatic rings. The van der Waals surface area contributed by atoms with Gasteiger partial charge in [-0.25, -0.2) is 0 Å². The highest BCUT2D eigenvalue weighted by Gasteiger charge is 2.43. The first-order valence-corrected chi connectivity index (χ1v) is 20.6. The van der Waals surface area contributed by atoms with Gasteiger partial charge in [-0.15, -0.1) is 34.0 Å². The molecule has 0 bridgehead atoms. The molecule has 0 aliphatic carbocycles. The van der Waals surface area contributed by atoms with E-state index in [1.165, 1.54) is 116 Å². The summed E-state index contributed by atoms with van der Waals surface area (Å²) < 4.78 is 8.00. The Hall–Kier alpha value is -5.72. The molecule has 0 saturated heterocycles. The molecule has 0 radical (unpaired) electrons. The summed E-state index contributed by atoms with van der Waals surface area (Å²) in [6.07, 6.45) is 0. The fourth-order valence-electron chi connectivity index (χ4n) is 9.36. The zero-order chi connectivity index (χ0) is 34.4. The lowest BCUT2D eigenvalue weighted by Crippen LogP contribution is -2.54. The maximum absolute atomic E-state index is 2.59. The summed E-state index contributed by atoms with van der Waals surface area (Å²) in [6, 6.07) is 59.9. The normalized spacial score (nSPS) is 13.2. The van der Waals surface area contributed by atoms with Crippen LogP contribution >= 0.6 is 34.0 Å². The molecule has 5 heterocycles. The molecule has 0 spiro atoms. The second kappa shape index (κ2) is 10.5. The Morgan fingerprint density at radius 2 is 0.962 bits per heavy atom. The van der Waals surface area contributed by atoms with Gasteiger partial charge >= 0.3 is 0 Å². The zero-order valence-corrected chi connectivity index (χ0v) is 30.7. The van der Waals surface area contributed by atoms with Gasteiger partial charge in [0.2, 0.25) is 6.71 Å². The SMILES string of the molecule is c1ccc2c(c1)B1c3cc4c(cc3N(c3ccc5c(c3)sc3ccccc35)c3cc(-c5ccc6sc7ccccc7c6c5)cc-2c31)sc1ccccc14. The summed E-state index contributed by atoms with van der Waals surface area (Å²) in [5.74, 6) is 0. The van der Waals surface area contributed by atoms with Crippen LogP contribution in [0, 0.1) is 0 Å². The van der Waals surface area contributed by atoms with Gasteiger partial charge in [-0.05, 0) is 99.2 Å². The number of rotatable bonds is 2. The molecule has 1 nitrogen and oxygen atoms in total. The van der Waals surface area contributed by atoms with Gasteiger partial charge in [0.15, 0.2) is 0 Å². The van der Waals surface area contributed by atoms with Crippen LogP contribution in [0.1, 0.15) is 0 Å². The van der Waals surface area contributed by atoms with E-state index in [1.807, 2.05) is 34.0 Å². The summed E-state index contributed by atoms with van der Waals surface area (Å²) in [5.41, 5.74) is 13.2. The van der Waals surface area contributed by atoms with Gasteiger partial charge < -0.3 is 4.90 Å². The first-order valence-electron chi connectivity index (χ1n) is 18.1. The van der Waals surface area contributed by atoms with Crippen molar-refractivity contribution in [2.75, 3.05) is 4.90 Å². The largest absolute Gasteiger partial charge is 0.311 e. The highest BCUT2D eigenvalue weighted by Crippen LogP contribution is 2.47. The zero-order valence-electron chi connectivity index (χ0n) is 28.3. The van der Waals surface area contributed by atoms with Crippen molar-refractivity contribution >= 4 is 135 Å². The Kier molecular flexibility index (Phi) is 5.69. The van der Waals surface area contributed by atoms with Crippen LogP contribution in [0.25, 0.3) is 82.8 Å². The van der Waals surface area contributed by atoms with Crippen molar-refractivity contribution in [3.63, 3.8) is 0 Å². The standard InChI is InChI=1S/C48H26BNS3/c1-5-13-38-30(9-1)37-22-28(27-17-20-45-35(21-27)32-11-3-7-15-43(32)51-45)23-41-48(37)49(38)39-25-36-33-12-4-8-16-44(33)53-47(36)26-40(39)50(41)29-18-19-34-31-10-2-6-14-42(31)52-46(34)24-29/h1-26H. The van der Waals surface area contributed by atoms with Crippen molar-refractivity contribution in [3.8, 4) is 22.3 Å². The van der Waals surface area contributed by atoms with E-state index in [4.69, 9.17) is 0 Å². The fraction of sp³-hybridized carbons (Fsp3) is 0. The minimum Gasteiger partial charge on any atom is -0.311 e. The molecule has 0 atom stereocenters.